The number of hydrogen-bond acceptors (Lipinski definition) is 10. The second-order valence-corrected chi connectivity index (χ2v) is 10.7. The van der Waals surface area contributed by atoms with Crippen molar-refractivity contribution in [1.82, 2.24) is 14.6 Å². The first kappa shape index (κ1) is 30.3. The molecule has 12 nitrogen and oxygen atoms in total. The van der Waals surface area contributed by atoms with E-state index >= 15 is 0 Å². The Morgan fingerprint density at radius 1 is 1.32 bits per heavy atom. The van der Waals surface area contributed by atoms with Crippen LogP contribution in [0.3, 0.4) is 0 Å². The van der Waals surface area contributed by atoms with Gasteiger partial charge < -0.3 is 24.8 Å². The van der Waals surface area contributed by atoms with Crippen LogP contribution in [0.4, 0.5) is 5.82 Å². The number of benzene rings is 1. The summed E-state index contributed by atoms with van der Waals surface area (Å²) in [6, 6.07) is 8.24. The number of halogens is 1. The molecule has 1 heterocycles. The van der Waals surface area contributed by atoms with Gasteiger partial charge in [0.15, 0.2) is 12.5 Å². The minimum absolute atomic E-state index is 0.0453. The SMILES string of the molecule is C#CC(C)(Cl)[C@@H](O[C@@H](O)COP(=O)(N[C@@H](C)C(=O)OC(C)C)Oc1ccccc1)n1ccc(N)nc1=O. The highest BCUT2D eigenvalue weighted by Gasteiger charge is 2.37. The number of nitrogens with one attached hydrogen (secondary N) is 1. The Kier molecular flexibility index (Phi) is 10.7. The van der Waals surface area contributed by atoms with Crippen LogP contribution in [0.2, 0.25) is 0 Å². The van der Waals surface area contributed by atoms with Crippen molar-refractivity contribution in [2.24, 2.45) is 0 Å². The summed E-state index contributed by atoms with van der Waals surface area (Å²) in [7, 11) is -4.29. The summed E-state index contributed by atoms with van der Waals surface area (Å²) < 4.78 is 36.0. The minimum Gasteiger partial charge on any atom is -0.462 e. The topological polar surface area (TPSA) is 164 Å². The minimum atomic E-state index is -4.29. The molecule has 0 fully saturated rings. The van der Waals surface area contributed by atoms with Gasteiger partial charge in [-0.15, -0.1) is 18.0 Å². The van der Waals surface area contributed by atoms with Gasteiger partial charge in [-0.3, -0.25) is 13.9 Å². The van der Waals surface area contributed by atoms with E-state index < -0.39 is 55.6 Å². The van der Waals surface area contributed by atoms with E-state index in [1.54, 1.807) is 32.0 Å². The third kappa shape index (κ3) is 9.16. The molecule has 0 bridgehead atoms. The lowest BCUT2D eigenvalue weighted by Gasteiger charge is -2.31. The first-order chi connectivity index (χ1) is 17.3. The summed E-state index contributed by atoms with van der Waals surface area (Å²) in [6.45, 7) is 5.36. The zero-order valence-corrected chi connectivity index (χ0v) is 22.4. The number of nitrogens with zero attached hydrogens (tertiary/aromatic N) is 2. The lowest BCUT2D eigenvalue weighted by atomic mass is 10.1. The molecule has 0 aliphatic heterocycles. The molecule has 0 spiro atoms. The first-order valence-electron chi connectivity index (χ1n) is 11.1. The third-order valence-electron chi connectivity index (χ3n) is 4.55. The van der Waals surface area contributed by atoms with Crippen LogP contribution < -0.4 is 21.0 Å². The number of ether oxygens (including phenoxy) is 2. The van der Waals surface area contributed by atoms with Crippen molar-refractivity contribution in [1.29, 1.82) is 0 Å². The number of aliphatic hydroxyl groups is 1. The summed E-state index contributed by atoms with van der Waals surface area (Å²) >= 11 is 6.34. The van der Waals surface area contributed by atoms with E-state index in [9.17, 15) is 19.3 Å². The number of rotatable bonds is 13. The molecule has 1 aromatic carbocycles. The van der Waals surface area contributed by atoms with E-state index in [4.69, 9.17) is 42.3 Å². The van der Waals surface area contributed by atoms with Crippen molar-refractivity contribution < 1.29 is 33.0 Å². The summed E-state index contributed by atoms with van der Waals surface area (Å²) in [4.78, 5) is 26.6. The Labute approximate surface area is 219 Å². The number of alkyl halides is 1. The van der Waals surface area contributed by atoms with Crippen LogP contribution in [0.15, 0.2) is 47.4 Å². The van der Waals surface area contributed by atoms with Gasteiger partial charge in [0.1, 0.15) is 29.1 Å². The van der Waals surface area contributed by atoms with Crippen molar-refractivity contribution in [3.05, 3.63) is 53.1 Å². The van der Waals surface area contributed by atoms with E-state index in [0.29, 0.717) is 0 Å². The van der Waals surface area contributed by atoms with Gasteiger partial charge >= 0.3 is 19.4 Å². The number of aliphatic hydroxyl groups excluding tert-OH is 1. The second kappa shape index (κ2) is 13.1. The fourth-order valence-corrected chi connectivity index (χ4v) is 4.45. The molecule has 0 amide bonds. The predicted octanol–water partition coefficient (Wildman–Crippen LogP) is 2.42. The molecule has 2 aromatic rings. The van der Waals surface area contributed by atoms with E-state index in [2.05, 4.69) is 16.0 Å². The van der Waals surface area contributed by atoms with E-state index in [0.717, 1.165) is 4.57 Å². The van der Waals surface area contributed by atoms with Crippen LogP contribution in [-0.4, -0.2) is 50.5 Å². The Morgan fingerprint density at radius 2 is 1.97 bits per heavy atom. The molecular weight excluding hydrogens is 527 g/mol. The number of nitrogen functional groups attached to an aromatic ring is 1. The molecule has 202 valence electrons. The highest BCUT2D eigenvalue weighted by molar-refractivity contribution is 7.52. The summed E-state index contributed by atoms with van der Waals surface area (Å²) in [5.41, 5.74) is 4.69. The lowest BCUT2D eigenvalue weighted by molar-refractivity contribution is -0.181. The van der Waals surface area contributed by atoms with Crippen molar-refractivity contribution in [3.8, 4) is 18.1 Å². The number of hydrogen-bond donors (Lipinski definition) is 3. The molecule has 0 saturated carbocycles. The van der Waals surface area contributed by atoms with Crippen molar-refractivity contribution >= 4 is 31.1 Å². The molecule has 5 atom stereocenters. The third-order valence-corrected chi connectivity index (χ3v) is 6.49. The van der Waals surface area contributed by atoms with Crippen LogP contribution in [-0.2, 0) is 23.4 Å². The molecule has 2 rings (SSSR count). The van der Waals surface area contributed by atoms with Crippen LogP contribution in [0, 0.1) is 12.3 Å². The van der Waals surface area contributed by atoms with E-state index in [1.807, 2.05) is 0 Å². The fraction of sp³-hybridized carbons (Fsp3) is 0.435. The van der Waals surface area contributed by atoms with Gasteiger partial charge in [0.25, 0.3) is 0 Å². The second-order valence-electron chi connectivity index (χ2n) is 8.24. The summed E-state index contributed by atoms with van der Waals surface area (Å²) in [5, 5.41) is 13.0. The smallest absolute Gasteiger partial charge is 0.459 e. The fourth-order valence-electron chi connectivity index (χ4n) is 2.81. The average molecular weight is 557 g/mol. The quantitative estimate of drug-likeness (QED) is 0.109. The first-order valence-corrected chi connectivity index (χ1v) is 13.0. The Bertz CT molecular complexity index is 1200. The molecule has 37 heavy (non-hydrogen) atoms. The maximum Gasteiger partial charge on any atom is 0.459 e. The number of para-hydroxylation sites is 1. The average Bonchev–Trinajstić information content (AvgIpc) is 2.82. The van der Waals surface area contributed by atoms with Gasteiger partial charge in [0, 0.05) is 6.20 Å². The molecule has 0 aliphatic rings. The largest absolute Gasteiger partial charge is 0.462 e. The molecule has 0 saturated heterocycles. The zero-order valence-electron chi connectivity index (χ0n) is 20.7. The summed E-state index contributed by atoms with van der Waals surface area (Å²) in [6.07, 6.45) is 3.08. The number of nitrogens with two attached hydrogens (primary N) is 1. The molecule has 2 unspecified atom stereocenters. The van der Waals surface area contributed by atoms with Gasteiger partial charge in [-0.05, 0) is 45.9 Å². The van der Waals surface area contributed by atoms with Gasteiger partial charge in [-0.2, -0.15) is 10.1 Å². The molecule has 14 heteroatoms. The van der Waals surface area contributed by atoms with Crippen LogP contribution in [0.1, 0.15) is 33.9 Å². The Morgan fingerprint density at radius 3 is 2.54 bits per heavy atom. The highest BCUT2D eigenvalue weighted by Crippen LogP contribution is 2.45. The number of terminal acetylenes is 1. The predicted molar refractivity (Wildman–Crippen MR) is 137 cm³/mol. The summed E-state index contributed by atoms with van der Waals surface area (Å²) in [5.74, 6) is 1.69. The Balaban J connectivity index is 2.23. The molecule has 4 N–H and O–H groups in total. The van der Waals surface area contributed by atoms with Crippen molar-refractivity contribution in [2.75, 3.05) is 12.3 Å². The standard InChI is InChI=1S/C23H30ClN4O8P/c1-6-23(5,24)21(28-13-12-18(25)26-22(28)31)35-19(29)14-33-37(32,36-17-10-8-7-9-11-17)27-16(4)20(30)34-15(2)3/h1,7-13,15-16,19,21,29H,14H2,2-5H3,(H,27,32)(H2,25,26,31)/t16-,19+,21+,23?,37?/m0/s1. The van der Waals surface area contributed by atoms with Crippen LogP contribution >= 0.6 is 19.3 Å². The Hall–Kier alpha value is -2.91. The molecule has 0 radical (unpaired) electrons. The van der Waals surface area contributed by atoms with Crippen LogP contribution in [0.5, 0.6) is 5.75 Å². The van der Waals surface area contributed by atoms with Crippen molar-refractivity contribution in [2.45, 2.75) is 57.2 Å². The number of aromatic nitrogens is 2. The number of esters is 1. The maximum atomic E-state index is 13.5. The molecule has 0 aliphatic carbocycles. The molecule has 1 aromatic heterocycles. The zero-order chi connectivity index (χ0) is 27.8. The van der Waals surface area contributed by atoms with Gasteiger partial charge in [-0.1, -0.05) is 24.1 Å². The van der Waals surface area contributed by atoms with E-state index in [1.165, 1.54) is 38.2 Å². The highest BCUT2D eigenvalue weighted by atomic mass is 35.5. The van der Waals surface area contributed by atoms with Gasteiger partial charge in [-0.25, -0.2) is 9.36 Å². The molecular formula is C23H30ClN4O8P. The normalized spacial score (nSPS) is 17.0. The van der Waals surface area contributed by atoms with Crippen molar-refractivity contribution in [3.63, 3.8) is 0 Å². The van der Waals surface area contributed by atoms with Crippen LogP contribution in [0.25, 0.3) is 0 Å². The number of carbonyl (C=O) groups excluding carboxylic acids is 1. The van der Waals surface area contributed by atoms with E-state index in [-0.39, 0.29) is 11.6 Å². The lowest BCUT2D eigenvalue weighted by Crippen LogP contribution is -2.42. The monoisotopic (exact) mass is 556 g/mol. The maximum absolute atomic E-state index is 13.5. The number of carbonyl (C=O) groups is 1. The number of anilines is 1. The van der Waals surface area contributed by atoms with Gasteiger partial charge in [0.2, 0.25) is 0 Å². The van der Waals surface area contributed by atoms with Gasteiger partial charge in [0.05, 0.1) is 6.10 Å².